The summed E-state index contributed by atoms with van der Waals surface area (Å²) >= 11 is 0. The molecule has 0 spiro atoms. The van der Waals surface area contributed by atoms with E-state index in [0.717, 1.165) is 27.1 Å². The molecule has 0 aliphatic rings. The SMILES string of the molecule is Cc1c(O)cccc1[Si]c1ccc(C(=O)Nc2cc(-c3ccccc3)ccc2N)cc1. The number of carbonyl (C=O) groups is 1. The molecule has 0 heterocycles. The Hall–Kier alpha value is -3.83. The Labute approximate surface area is 184 Å². The van der Waals surface area contributed by atoms with Gasteiger partial charge in [0.1, 0.15) is 15.3 Å². The maximum atomic E-state index is 12.8. The minimum Gasteiger partial charge on any atom is -0.508 e. The highest BCUT2D eigenvalue weighted by molar-refractivity contribution is 6.67. The molecule has 0 aliphatic carbocycles. The van der Waals surface area contributed by atoms with Crippen molar-refractivity contribution in [3.63, 3.8) is 0 Å². The number of aromatic hydroxyl groups is 1. The number of rotatable bonds is 5. The number of hydrogen-bond acceptors (Lipinski definition) is 3. The molecule has 31 heavy (non-hydrogen) atoms. The van der Waals surface area contributed by atoms with Crippen molar-refractivity contribution in [1.29, 1.82) is 0 Å². The molecule has 4 aromatic rings. The summed E-state index contributed by atoms with van der Waals surface area (Å²) in [5, 5.41) is 15.0. The number of amides is 1. The number of benzene rings is 4. The van der Waals surface area contributed by atoms with E-state index in [2.05, 4.69) is 5.32 Å². The van der Waals surface area contributed by atoms with Crippen molar-refractivity contribution in [2.24, 2.45) is 0 Å². The van der Waals surface area contributed by atoms with Crippen LogP contribution in [0.1, 0.15) is 15.9 Å². The first-order valence-electron chi connectivity index (χ1n) is 9.93. The Balaban J connectivity index is 1.50. The van der Waals surface area contributed by atoms with Crippen LogP contribution in [0.2, 0.25) is 0 Å². The van der Waals surface area contributed by atoms with E-state index in [-0.39, 0.29) is 5.91 Å². The van der Waals surface area contributed by atoms with Gasteiger partial charge in [0, 0.05) is 5.56 Å². The molecule has 0 fully saturated rings. The van der Waals surface area contributed by atoms with Crippen LogP contribution in [0.4, 0.5) is 11.4 Å². The molecule has 0 saturated heterocycles. The Bertz CT molecular complexity index is 1220. The van der Waals surface area contributed by atoms with Crippen LogP contribution in [-0.4, -0.2) is 20.5 Å². The zero-order valence-corrected chi connectivity index (χ0v) is 18.1. The van der Waals surface area contributed by atoms with E-state index in [0.29, 0.717) is 32.2 Å². The Morgan fingerprint density at radius 2 is 1.61 bits per heavy atom. The van der Waals surface area contributed by atoms with E-state index in [1.807, 2.05) is 85.8 Å². The van der Waals surface area contributed by atoms with Gasteiger partial charge in [-0.05, 0) is 53.9 Å². The molecule has 4 nitrogen and oxygen atoms in total. The second kappa shape index (κ2) is 8.89. The predicted molar refractivity (Wildman–Crippen MR) is 129 cm³/mol. The summed E-state index contributed by atoms with van der Waals surface area (Å²) in [6, 6.07) is 28.7. The summed E-state index contributed by atoms with van der Waals surface area (Å²) in [5.74, 6) is 0.0941. The van der Waals surface area contributed by atoms with Crippen molar-refractivity contribution in [3.8, 4) is 16.9 Å². The maximum Gasteiger partial charge on any atom is 0.255 e. The summed E-state index contributed by atoms with van der Waals surface area (Å²) in [6.07, 6.45) is 0. The minimum atomic E-state index is -0.208. The molecule has 0 aromatic heterocycles. The van der Waals surface area contributed by atoms with Crippen LogP contribution >= 0.6 is 0 Å². The molecule has 0 atom stereocenters. The molecular weight excluding hydrogens is 400 g/mol. The monoisotopic (exact) mass is 422 g/mol. The van der Waals surface area contributed by atoms with Crippen LogP contribution in [0.25, 0.3) is 11.1 Å². The van der Waals surface area contributed by atoms with Gasteiger partial charge in [0.25, 0.3) is 5.91 Å². The lowest BCUT2D eigenvalue weighted by atomic mass is 10.0. The number of nitrogens with two attached hydrogens (primary N) is 1. The van der Waals surface area contributed by atoms with Gasteiger partial charge in [0.15, 0.2) is 0 Å². The molecule has 5 heteroatoms. The highest BCUT2D eigenvalue weighted by Crippen LogP contribution is 2.27. The van der Waals surface area contributed by atoms with Gasteiger partial charge in [-0.25, -0.2) is 0 Å². The molecular formula is C26H22N2O2Si. The quantitative estimate of drug-likeness (QED) is 0.338. The standard InChI is InChI=1S/C26H22N2O2Si/c1-17-24(29)8-5-9-25(17)31-21-13-10-19(11-14-21)26(30)28-23-16-20(12-15-22(23)27)18-6-3-2-4-7-18/h2-16,29H,27H2,1H3,(H,28,30). The van der Waals surface area contributed by atoms with E-state index in [1.165, 1.54) is 0 Å². The fourth-order valence-electron chi connectivity index (χ4n) is 3.29. The Morgan fingerprint density at radius 1 is 0.871 bits per heavy atom. The van der Waals surface area contributed by atoms with Crippen LogP contribution in [-0.2, 0) is 0 Å². The van der Waals surface area contributed by atoms with E-state index in [1.54, 1.807) is 12.1 Å². The third-order valence-corrected chi connectivity index (χ3v) is 6.57. The van der Waals surface area contributed by atoms with E-state index in [4.69, 9.17) is 5.73 Å². The van der Waals surface area contributed by atoms with Gasteiger partial charge >= 0.3 is 0 Å². The van der Waals surface area contributed by atoms with Crippen LogP contribution in [0.15, 0.2) is 91.0 Å². The smallest absolute Gasteiger partial charge is 0.255 e. The highest BCUT2D eigenvalue weighted by Gasteiger charge is 2.11. The number of nitrogens with one attached hydrogen (secondary N) is 1. The van der Waals surface area contributed by atoms with E-state index >= 15 is 0 Å². The first-order valence-corrected chi connectivity index (χ1v) is 10.9. The number of carbonyl (C=O) groups excluding carboxylic acids is 1. The third kappa shape index (κ3) is 4.68. The summed E-state index contributed by atoms with van der Waals surface area (Å²) in [4.78, 5) is 12.8. The highest BCUT2D eigenvalue weighted by atomic mass is 28.2. The molecule has 0 saturated carbocycles. The van der Waals surface area contributed by atoms with Crippen molar-refractivity contribution in [2.75, 3.05) is 11.1 Å². The summed E-state index contributed by atoms with van der Waals surface area (Å²) in [5.41, 5.74) is 10.7. The molecule has 4 N–H and O–H groups in total. The molecule has 0 bridgehead atoms. The Morgan fingerprint density at radius 3 is 2.35 bits per heavy atom. The average Bonchev–Trinajstić information content (AvgIpc) is 2.79. The van der Waals surface area contributed by atoms with Gasteiger partial charge in [0.05, 0.1) is 11.4 Å². The van der Waals surface area contributed by atoms with Gasteiger partial charge in [-0.15, -0.1) is 0 Å². The minimum absolute atomic E-state index is 0.208. The van der Waals surface area contributed by atoms with Crippen molar-refractivity contribution < 1.29 is 9.90 Å². The van der Waals surface area contributed by atoms with Gasteiger partial charge in [-0.1, -0.05) is 71.0 Å². The molecule has 4 rings (SSSR count). The normalized spacial score (nSPS) is 10.6. The third-order valence-electron chi connectivity index (χ3n) is 5.14. The second-order valence-electron chi connectivity index (χ2n) is 7.27. The van der Waals surface area contributed by atoms with Crippen molar-refractivity contribution >= 4 is 37.2 Å². The van der Waals surface area contributed by atoms with Gasteiger partial charge in [-0.2, -0.15) is 0 Å². The number of hydrogen-bond donors (Lipinski definition) is 3. The summed E-state index contributed by atoms with van der Waals surface area (Å²) < 4.78 is 0. The molecule has 2 radical (unpaired) electrons. The van der Waals surface area contributed by atoms with Crippen LogP contribution in [0.3, 0.4) is 0 Å². The van der Waals surface area contributed by atoms with E-state index < -0.39 is 0 Å². The zero-order valence-electron chi connectivity index (χ0n) is 17.1. The summed E-state index contributed by atoms with van der Waals surface area (Å²) in [7, 11) is 0.404. The predicted octanol–water partition coefficient (Wildman–Crippen LogP) is 3.86. The fourth-order valence-corrected chi connectivity index (χ4v) is 4.43. The lowest BCUT2D eigenvalue weighted by Gasteiger charge is -2.11. The molecule has 152 valence electrons. The van der Waals surface area contributed by atoms with Crippen LogP contribution in [0, 0.1) is 6.92 Å². The lowest BCUT2D eigenvalue weighted by Crippen LogP contribution is -2.29. The molecule has 0 aliphatic heterocycles. The largest absolute Gasteiger partial charge is 0.508 e. The topological polar surface area (TPSA) is 75.3 Å². The lowest BCUT2D eigenvalue weighted by molar-refractivity contribution is 0.102. The van der Waals surface area contributed by atoms with Crippen LogP contribution in [0.5, 0.6) is 5.75 Å². The van der Waals surface area contributed by atoms with Crippen molar-refractivity contribution in [2.45, 2.75) is 6.92 Å². The van der Waals surface area contributed by atoms with E-state index in [9.17, 15) is 9.90 Å². The molecule has 0 unspecified atom stereocenters. The first kappa shape index (κ1) is 20.4. The zero-order chi connectivity index (χ0) is 21.8. The second-order valence-corrected chi connectivity index (χ2v) is 8.64. The summed E-state index contributed by atoms with van der Waals surface area (Å²) in [6.45, 7) is 1.91. The fraction of sp³-hybridized carbons (Fsp3) is 0.0385. The number of phenols is 1. The molecule has 1 amide bonds. The van der Waals surface area contributed by atoms with Gasteiger partial charge in [-0.3, -0.25) is 4.79 Å². The number of anilines is 2. The van der Waals surface area contributed by atoms with Gasteiger partial charge in [0.2, 0.25) is 0 Å². The van der Waals surface area contributed by atoms with Crippen LogP contribution < -0.4 is 21.4 Å². The van der Waals surface area contributed by atoms with Crippen molar-refractivity contribution in [1.82, 2.24) is 0 Å². The van der Waals surface area contributed by atoms with Gasteiger partial charge < -0.3 is 16.2 Å². The average molecular weight is 423 g/mol. The maximum absolute atomic E-state index is 12.8. The first-order chi connectivity index (χ1) is 15.0. The number of phenolic OH excluding ortho intramolecular Hbond substituents is 1. The number of nitrogen functional groups attached to an aromatic ring is 1. The molecule has 4 aromatic carbocycles. The Kier molecular flexibility index (Phi) is 5.86. The van der Waals surface area contributed by atoms with Crippen molar-refractivity contribution in [3.05, 3.63) is 102 Å².